The molecule has 0 aromatic rings. The zero-order valence-corrected chi connectivity index (χ0v) is 11.2. The van der Waals surface area contributed by atoms with Crippen LogP contribution >= 0.6 is 0 Å². The number of rotatable bonds is 5. The van der Waals surface area contributed by atoms with Crippen LogP contribution in [0, 0.1) is 11.3 Å². The lowest BCUT2D eigenvalue weighted by atomic mass is 10.0. The van der Waals surface area contributed by atoms with Crippen LogP contribution in [0.1, 0.15) is 39.5 Å². The minimum atomic E-state index is 0.142. The highest BCUT2D eigenvalue weighted by molar-refractivity contribution is 5.76. The van der Waals surface area contributed by atoms with Gasteiger partial charge >= 0.3 is 0 Å². The summed E-state index contributed by atoms with van der Waals surface area (Å²) in [5.41, 5.74) is 0.242. The number of carbonyl (C=O) groups excluding carboxylic acids is 1. The first-order valence-corrected chi connectivity index (χ1v) is 6.33. The van der Waals surface area contributed by atoms with Gasteiger partial charge in [-0.25, -0.2) is 0 Å². The van der Waals surface area contributed by atoms with E-state index in [4.69, 9.17) is 5.26 Å². The maximum atomic E-state index is 11.8. The molecular weight excluding hydrogens is 214 g/mol. The number of likely N-dealkylation sites (tertiary alicyclic amines) is 1. The Bertz CT molecular complexity index is 306. The average Bonchev–Trinajstić information content (AvgIpc) is 2.62. The molecule has 0 unspecified atom stereocenters. The van der Waals surface area contributed by atoms with Crippen molar-refractivity contribution in [2.45, 2.75) is 45.1 Å². The molecule has 96 valence electrons. The zero-order valence-electron chi connectivity index (χ0n) is 11.2. The lowest BCUT2D eigenvalue weighted by molar-refractivity contribution is -0.130. The summed E-state index contributed by atoms with van der Waals surface area (Å²) in [6.07, 6.45) is 3.42. The summed E-state index contributed by atoms with van der Waals surface area (Å²) in [7, 11) is 1.77. The molecule has 17 heavy (non-hydrogen) atoms. The van der Waals surface area contributed by atoms with Crippen LogP contribution in [0.25, 0.3) is 0 Å². The molecule has 1 aliphatic rings. The van der Waals surface area contributed by atoms with Gasteiger partial charge in [-0.05, 0) is 33.2 Å². The number of hydrogen-bond acceptors (Lipinski definition) is 3. The summed E-state index contributed by atoms with van der Waals surface area (Å²) < 4.78 is 0. The second kappa shape index (κ2) is 6.02. The van der Waals surface area contributed by atoms with E-state index in [0.717, 1.165) is 13.1 Å². The van der Waals surface area contributed by atoms with Crippen LogP contribution in [0.5, 0.6) is 0 Å². The maximum absolute atomic E-state index is 11.8. The number of carbonyl (C=O) groups is 1. The molecule has 0 spiro atoms. The van der Waals surface area contributed by atoms with E-state index in [9.17, 15) is 4.79 Å². The monoisotopic (exact) mass is 237 g/mol. The highest BCUT2D eigenvalue weighted by atomic mass is 16.2. The van der Waals surface area contributed by atoms with Gasteiger partial charge in [-0.2, -0.15) is 5.26 Å². The Morgan fingerprint density at radius 1 is 1.53 bits per heavy atom. The fraction of sp³-hybridized carbons (Fsp3) is 0.846. The van der Waals surface area contributed by atoms with E-state index < -0.39 is 0 Å². The molecular formula is C13H23N3O. The molecule has 1 aliphatic heterocycles. The van der Waals surface area contributed by atoms with Gasteiger partial charge in [-0.1, -0.05) is 0 Å². The molecule has 4 nitrogen and oxygen atoms in total. The molecule has 0 atom stereocenters. The molecule has 1 saturated heterocycles. The highest BCUT2D eigenvalue weighted by Crippen LogP contribution is 2.27. The molecule has 1 fully saturated rings. The minimum Gasteiger partial charge on any atom is -0.345 e. The fourth-order valence-electron chi connectivity index (χ4n) is 2.34. The van der Waals surface area contributed by atoms with Gasteiger partial charge in [0, 0.05) is 32.1 Å². The second-order valence-electron chi connectivity index (χ2n) is 5.38. The first-order chi connectivity index (χ1) is 7.97. The summed E-state index contributed by atoms with van der Waals surface area (Å²) in [4.78, 5) is 15.9. The van der Waals surface area contributed by atoms with E-state index in [-0.39, 0.29) is 11.4 Å². The van der Waals surface area contributed by atoms with Gasteiger partial charge in [-0.15, -0.1) is 0 Å². The summed E-state index contributed by atoms with van der Waals surface area (Å²) >= 11 is 0. The largest absolute Gasteiger partial charge is 0.345 e. The Balaban J connectivity index is 2.31. The van der Waals surface area contributed by atoms with Gasteiger partial charge in [0.2, 0.25) is 5.91 Å². The molecule has 1 rings (SSSR count). The summed E-state index contributed by atoms with van der Waals surface area (Å²) in [6, 6.07) is 2.06. The first-order valence-electron chi connectivity index (χ1n) is 6.33. The van der Waals surface area contributed by atoms with Crippen molar-refractivity contribution in [1.82, 2.24) is 9.80 Å². The van der Waals surface area contributed by atoms with Crippen LogP contribution in [0.2, 0.25) is 0 Å². The van der Waals surface area contributed by atoms with Gasteiger partial charge in [0.1, 0.15) is 0 Å². The van der Waals surface area contributed by atoms with Gasteiger partial charge in [0.15, 0.2) is 0 Å². The van der Waals surface area contributed by atoms with Crippen molar-refractivity contribution in [2.75, 3.05) is 26.7 Å². The molecule has 0 bridgehead atoms. The van der Waals surface area contributed by atoms with Crippen molar-refractivity contribution in [2.24, 2.45) is 0 Å². The third-order valence-corrected chi connectivity index (χ3v) is 3.65. The number of amides is 1. The molecule has 0 radical (unpaired) electrons. The van der Waals surface area contributed by atoms with E-state index in [2.05, 4.69) is 24.8 Å². The van der Waals surface area contributed by atoms with Crippen molar-refractivity contribution < 1.29 is 4.79 Å². The third-order valence-electron chi connectivity index (χ3n) is 3.65. The SMILES string of the molecule is CN(CCC#N)C(=O)CCN1CCCC1(C)C. The fourth-order valence-corrected chi connectivity index (χ4v) is 2.34. The van der Waals surface area contributed by atoms with E-state index >= 15 is 0 Å². The van der Waals surface area contributed by atoms with Crippen LogP contribution in [0.4, 0.5) is 0 Å². The normalized spacial score (nSPS) is 18.9. The molecule has 1 amide bonds. The Kier molecular flexibility index (Phi) is 4.95. The molecule has 0 saturated carbocycles. The smallest absolute Gasteiger partial charge is 0.223 e. The van der Waals surface area contributed by atoms with Crippen LogP contribution in [-0.2, 0) is 4.79 Å². The molecule has 0 aliphatic carbocycles. The molecule has 1 heterocycles. The number of nitriles is 1. The molecule has 0 aromatic heterocycles. The standard InChI is InChI=1S/C13H23N3O/c1-13(2)7-4-10-16(13)11-6-12(17)15(3)9-5-8-14/h4-7,9-11H2,1-3H3. The second-order valence-corrected chi connectivity index (χ2v) is 5.38. The van der Waals surface area contributed by atoms with Crippen LogP contribution < -0.4 is 0 Å². The summed E-state index contributed by atoms with van der Waals surface area (Å²) in [6.45, 7) is 6.96. The average molecular weight is 237 g/mol. The highest BCUT2D eigenvalue weighted by Gasteiger charge is 2.31. The van der Waals surface area contributed by atoms with Crippen LogP contribution in [-0.4, -0.2) is 47.9 Å². The van der Waals surface area contributed by atoms with E-state index in [0.29, 0.717) is 19.4 Å². The van der Waals surface area contributed by atoms with E-state index in [1.807, 2.05) is 0 Å². The Morgan fingerprint density at radius 3 is 2.76 bits per heavy atom. The summed E-state index contributed by atoms with van der Waals surface area (Å²) in [5.74, 6) is 0.142. The van der Waals surface area contributed by atoms with E-state index in [1.165, 1.54) is 12.8 Å². The Labute approximate surface area is 104 Å². The van der Waals surface area contributed by atoms with Crippen molar-refractivity contribution in [3.63, 3.8) is 0 Å². The molecule has 4 heteroatoms. The van der Waals surface area contributed by atoms with Crippen molar-refractivity contribution in [3.8, 4) is 6.07 Å². The zero-order chi connectivity index (χ0) is 12.9. The Hall–Kier alpha value is -1.08. The topological polar surface area (TPSA) is 47.3 Å². The predicted octanol–water partition coefficient (Wildman–Crippen LogP) is 1.62. The Morgan fingerprint density at radius 2 is 2.24 bits per heavy atom. The lowest BCUT2D eigenvalue weighted by Gasteiger charge is -2.31. The van der Waals surface area contributed by atoms with Crippen molar-refractivity contribution in [1.29, 1.82) is 5.26 Å². The van der Waals surface area contributed by atoms with Gasteiger partial charge in [0.05, 0.1) is 12.5 Å². The van der Waals surface area contributed by atoms with Gasteiger partial charge < -0.3 is 4.90 Å². The molecule has 0 N–H and O–H groups in total. The van der Waals surface area contributed by atoms with Crippen LogP contribution in [0.3, 0.4) is 0 Å². The van der Waals surface area contributed by atoms with Crippen LogP contribution in [0.15, 0.2) is 0 Å². The number of hydrogen-bond donors (Lipinski definition) is 0. The van der Waals surface area contributed by atoms with Crippen molar-refractivity contribution >= 4 is 5.91 Å². The van der Waals surface area contributed by atoms with Gasteiger partial charge in [-0.3, -0.25) is 9.69 Å². The first kappa shape index (κ1) is 14.0. The third kappa shape index (κ3) is 4.01. The predicted molar refractivity (Wildman–Crippen MR) is 67.4 cm³/mol. The minimum absolute atomic E-state index is 0.142. The number of nitrogens with zero attached hydrogens (tertiary/aromatic N) is 3. The maximum Gasteiger partial charge on any atom is 0.223 e. The molecule has 0 aromatic carbocycles. The van der Waals surface area contributed by atoms with Crippen molar-refractivity contribution in [3.05, 3.63) is 0 Å². The lowest BCUT2D eigenvalue weighted by Crippen LogP contribution is -2.40. The van der Waals surface area contributed by atoms with Gasteiger partial charge in [0.25, 0.3) is 0 Å². The summed E-state index contributed by atoms with van der Waals surface area (Å²) in [5, 5.41) is 8.47. The van der Waals surface area contributed by atoms with E-state index in [1.54, 1.807) is 11.9 Å². The quantitative estimate of drug-likeness (QED) is 0.730.